The summed E-state index contributed by atoms with van der Waals surface area (Å²) in [5, 5.41) is 2.73. The fourth-order valence-corrected chi connectivity index (χ4v) is 4.53. The van der Waals surface area contributed by atoms with Crippen LogP contribution in [0, 0.1) is 12.7 Å². The van der Waals surface area contributed by atoms with Gasteiger partial charge in [0.05, 0.1) is 34.4 Å². The number of aryl methyl sites for hydroxylation is 1. The molecule has 1 saturated heterocycles. The fourth-order valence-electron chi connectivity index (χ4n) is 4.53. The van der Waals surface area contributed by atoms with Gasteiger partial charge in [-0.15, -0.1) is 0 Å². The van der Waals surface area contributed by atoms with Gasteiger partial charge in [0.25, 0.3) is 11.5 Å². The first-order chi connectivity index (χ1) is 16.8. The lowest BCUT2D eigenvalue weighted by molar-refractivity contribution is -0.138. The Kier molecular flexibility index (Phi) is 6.78. The second kappa shape index (κ2) is 9.53. The third-order valence-electron chi connectivity index (χ3n) is 6.06. The van der Waals surface area contributed by atoms with Gasteiger partial charge in [-0.25, -0.2) is 9.37 Å². The minimum atomic E-state index is -4.72. The number of aromatic nitrogens is 2. The van der Waals surface area contributed by atoms with E-state index in [2.05, 4.69) is 15.3 Å². The summed E-state index contributed by atoms with van der Waals surface area (Å²) in [6.45, 7) is 7.34. The van der Waals surface area contributed by atoms with Crippen molar-refractivity contribution in [3.05, 3.63) is 69.0 Å². The summed E-state index contributed by atoms with van der Waals surface area (Å²) >= 11 is 0. The minimum absolute atomic E-state index is 0.00682. The Balaban J connectivity index is 1.63. The molecule has 0 aliphatic carbocycles. The summed E-state index contributed by atoms with van der Waals surface area (Å²) in [5.74, 6) is -0.949. The third-order valence-corrected chi connectivity index (χ3v) is 6.06. The maximum absolute atomic E-state index is 15.0. The van der Waals surface area contributed by atoms with Crippen LogP contribution in [0.1, 0.15) is 54.1 Å². The molecule has 2 N–H and O–H groups in total. The number of hydrogen-bond donors (Lipinski definition) is 2. The molecule has 3 atom stereocenters. The number of morpholine rings is 1. The predicted molar refractivity (Wildman–Crippen MR) is 126 cm³/mol. The number of alkyl halides is 3. The number of H-pyrrole nitrogens is 1. The molecule has 1 aliphatic heterocycles. The van der Waals surface area contributed by atoms with Crippen molar-refractivity contribution in [2.24, 2.45) is 0 Å². The molecule has 7 nitrogen and oxygen atoms in total. The smallest absolute Gasteiger partial charge is 0.376 e. The SMILES string of the molecule is Cc1nc2cc(C(F)(F)F)c(C(C)Nc3ccc(C(=O)N4C[C@@H](C)O[C@@H](C)C4)cc3F)cc2c(=O)[nH]1. The number of nitrogens with one attached hydrogen (secondary N) is 2. The fraction of sp³-hybridized carbons (Fsp3) is 0.400. The van der Waals surface area contributed by atoms with Gasteiger partial charge in [-0.3, -0.25) is 9.59 Å². The van der Waals surface area contributed by atoms with Gasteiger partial charge in [0, 0.05) is 24.7 Å². The molecule has 36 heavy (non-hydrogen) atoms. The molecule has 2 aromatic carbocycles. The molecule has 1 unspecified atom stereocenters. The highest BCUT2D eigenvalue weighted by atomic mass is 19.4. The van der Waals surface area contributed by atoms with Crippen molar-refractivity contribution >= 4 is 22.5 Å². The maximum Gasteiger partial charge on any atom is 0.416 e. The lowest BCUT2D eigenvalue weighted by atomic mass is 9.98. The Hall–Kier alpha value is -3.47. The normalized spacial score (nSPS) is 19.4. The second-order valence-electron chi connectivity index (χ2n) is 9.13. The van der Waals surface area contributed by atoms with Crippen LogP contribution in [0.5, 0.6) is 0 Å². The number of amides is 1. The lowest BCUT2D eigenvalue weighted by Crippen LogP contribution is -2.48. The van der Waals surface area contributed by atoms with Crippen LogP contribution in [0.25, 0.3) is 10.9 Å². The first-order valence-electron chi connectivity index (χ1n) is 11.5. The molecule has 0 saturated carbocycles. The topological polar surface area (TPSA) is 87.3 Å². The number of aromatic amines is 1. The zero-order chi connectivity index (χ0) is 26.4. The lowest BCUT2D eigenvalue weighted by Gasteiger charge is -2.35. The van der Waals surface area contributed by atoms with Gasteiger partial charge in [-0.1, -0.05) is 0 Å². The van der Waals surface area contributed by atoms with E-state index in [4.69, 9.17) is 4.74 Å². The Morgan fingerprint density at radius 3 is 2.47 bits per heavy atom. The van der Waals surface area contributed by atoms with E-state index < -0.39 is 29.2 Å². The molecular weight excluding hydrogens is 480 g/mol. The molecular formula is C25H26F4N4O3. The average Bonchev–Trinajstić information content (AvgIpc) is 2.77. The molecule has 1 aromatic heterocycles. The van der Waals surface area contributed by atoms with E-state index in [1.54, 1.807) is 4.90 Å². The highest BCUT2D eigenvalue weighted by molar-refractivity contribution is 5.94. The molecule has 192 valence electrons. The van der Waals surface area contributed by atoms with Crippen molar-refractivity contribution in [2.45, 2.75) is 52.1 Å². The van der Waals surface area contributed by atoms with Crippen molar-refractivity contribution < 1.29 is 27.1 Å². The highest BCUT2D eigenvalue weighted by Gasteiger charge is 2.35. The van der Waals surface area contributed by atoms with E-state index >= 15 is 0 Å². The van der Waals surface area contributed by atoms with Crippen molar-refractivity contribution in [3.63, 3.8) is 0 Å². The van der Waals surface area contributed by atoms with E-state index in [1.165, 1.54) is 26.0 Å². The number of rotatable bonds is 4. The first-order valence-corrected chi connectivity index (χ1v) is 11.5. The minimum Gasteiger partial charge on any atom is -0.376 e. The molecule has 0 spiro atoms. The van der Waals surface area contributed by atoms with Gasteiger partial charge in [0.2, 0.25) is 0 Å². The quantitative estimate of drug-likeness (QED) is 0.496. The van der Waals surface area contributed by atoms with Crippen molar-refractivity contribution in [1.29, 1.82) is 0 Å². The largest absolute Gasteiger partial charge is 0.416 e. The Morgan fingerprint density at radius 2 is 1.86 bits per heavy atom. The van der Waals surface area contributed by atoms with Gasteiger partial charge in [-0.05, 0) is 63.6 Å². The van der Waals surface area contributed by atoms with Gasteiger partial charge < -0.3 is 19.9 Å². The molecule has 4 rings (SSSR count). The van der Waals surface area contributed by atoms with Gasteiger partial charge in [-0.2, -0.15) is 13.2 Å². The standard InChI is InChI=1S/C25H26F4N4O3/c1-12-10-33(11-13(2)36-12)24(35)16-5-6-21(20(26)7-16)30-14(3)17-8-18-22(9-19(17)25(27,28)29)31-15(4)32-23(18)34/h5-9,12-14,30H,10-11H2,1-4H3,(H,31,32,34)/t12-,13+,14?. The molecule has 1 aliphatic rings. The van der Waals surface area contributed by atoms with Crippen molar-refractivity contribution in [3.8, 4) is 0 Å². The number of ether oxygens (including phenoxy) is 1. The number of carbonyl (C=O) groups is 1. The average molecular weight is 507 g/mol. The number of hydrogen-bond acceptors (Lipinski definition) is 5. The van der Waals surface area contributed by atoms with E-state index in [0.717, 1.165) is 18.2 Å². The summed E-state index contributed by atoms with van der Waals surface area (Å²) < 4.78 is 62.2. The maximum atomic E-state index is 15.0. The summed E-state index contributed by atoms with van der Waals surface area (Å²) in [6, 6.07) is 4.73. The van der Waals surface area contributed by atoms with Crippen LogP contribution in [0.2, 0.25) is 0 Å². The summed E-state index contributed by atoms with van der Waals surface area (Å²) in [4.78, 5) is 33.2. The van der Waals surface area contributed by atoms with E-state index in [1.807, 2.05) is 13.8 Å². The number of carbonyl (C=O) groups excluding carboxylic acids is 1. The molecule has 1 fully saturated rings. The number of benzene rings is 2. The number of anilines is 1. The Labute approximate surface area is 204 Å². The van der Waals surface area contributed by atoms with Crippen molar-refractivity contribution in [1.82, 2.24) is 14.9 Å². The molecule has 3 aromatic rings. The van der Waals surface area contributed by atoms with Crippen LogP contribution >= 0.6 is 0 Å². The van der Waals surface area contributed by atoms with Crippen LogP contribution in [-0.2, 0) is 10.9 Å². The monoisotopic (exact) mass is 506 g/mol. The van der Waals surface area contributed by atoms with Crippen LogP contribution in [0.4, 0.5) is 23.2 Å². The van der Waals surface area contributed by atoms with Gasteiger partial charge >= 0.3 is 6.18 Å². The number of halogens is 4. The zero-order valence-electron chi connectivity index (χ0n) is 20.2. The third kappa shape index (κ3) is 5.20. The molecule has 0 radical (unpaired) electrons. The molecule has 2 heterocycles. The summed E-state index contributed by atoms with van der Waals surface area (Å²) in [5.41, 5.74) is -1.81. The Morgan fingerprint density at radius 1 is 1.19 bits per heavy atom. The van der Waals surface area contributed by atoms with Crippen LogP contribution in [-0.4, -0.2) is 46.1 Å². The van der Waals surface area contributed by atoms with E-state index in [9.17, 15) is 27.2 Å². The van der Waals surface area contributed by atoms with Crippen molar-refractivity contribution in [2.75, 3.05) is 18.4 Å². The molecule has 1 amide bonds. The molecule has 0 bridgehead atoms. The van der Waals surface area contributed by atoms with Crippen LogP contribution < -0.4 is 10.9 Å². The second-order valence-corrected chi connectivity index (χ2v) is 9.13. The number of nitrogens with zero attached hydrogens (tertiary/aromatic N) is 2. The summed E-state index contributed by atoms with van der Waals surface area (Å²) in [7, 11) is 0. The van der Waals surface area contributed by atoms with E-state index in [0.29, 0.717) is 13.1 Å². The van der Waals surface area contributed by atoms with Crippen LogP contribution in [0.15, 0.2) is 35.1 Å². The predicted octanol–water partition coefficient (Wildman–Crippen LogP) is 4.81. The van der Waals surface area contributed by atoms with Gasteiger partial charge in [0.15, 0.2) is 0 Å². The summed E-state index contributed by atoms with van der Waals surface area (Å²) in [6.07, 6.45) is -5.03. The first kappa shape index (κ1) is 25.6. The van der Waals surface area contributed by atoms with E-state index in [-0.39, 0.29) is 51.7 Å². The Bertz CT molecular complexity index is 1360. The number of fused-ring (bicyclic) bond motifs is 1. The van der Waals surface area contributed by atoms with Crippen LogP contribution in [0.3, 0.4) is 0 Å². The zero-order valence-corrected chi connectivity index (χ0v) is 20.2. The molecule has 11 heteroatoms. The van der Waals surface area contributed by atoms with Gasteiger partial charge in [0.1, 0.15) is 11.6 Å². The highest BCUT2D eigenvalue weighted by Crippen LogP contribution is 2.37.